The Morgan fingerprint density at radius 3 is 2.88 bits per heavy atom. The summed E-state index contributed by atoms with van der Waals surface area (Å²) in [7, 11) is -3.28. The Morgan fingerprint density at radius 2 is 2.19 bits per heavy atom. The lowest BCUT2D eigenvalue weighted by atomic mass is 9.97. The van der Waals surface area contributed by atoms with Crippen molar-refractivity contribution < 1.29 is 17.7 Å². The number of nitrogens with zero attached hydrogens (tertiary/aromatic N) is 3. The molecule has 1 atom stereocenters. The van der Waals surface area contributed by atoms with E-state index in [1.165, 1.54) is 0 Å². The van der Waals surface area contributed by atoms with Crippen molar-refractivity contribution in [3.63, 3.8) is 0 Å². The molecule has 1 aliphatic heterocycles. The van der Waals surface area contributed by atoms with Crippen molar-refractivity contribution in [3.8, 4) is 0 Å². The van der Waals surface area contributed by atoms with E-state index < -0.39 is 9.84 Å². The van der Waals surface area contributed by atoms with Crippen LogP contribution in [-0.4, -0.2) is 48.2 Å². The van der Waals surface area contributed by atoms with Crippen molar-refractivity contribution >= 4 is 15.7 Å². The minimum Gasteiger partial charge on any atom is -0.342 e. The lowest BCUT2D eigenvalue weighted by Crippen LogP contribution is -2.40. The number of carbonyl (C=O) groups is 1. The molecule has 0 saturated carbocycles. The number of rotatable bonds is 5. The van der Waals surface area contributed by atoms with E-state index in [0.29, 0.717) is 30.4 Å². The number of carbonyl (C=O) groups excluding carboxylic acids is 1. The summed E-state index contributed by atoms with van der Waals surface area (Å²) in [5.74, 6) is 1.26. The first-order valence-electron chi connectivity index (χ1n) is 8.78. The van der Waals surface area contributed by atoms with E-state index in [9.17, 15) is 13.2 Å². The number of hydrogen-bond donors (Lipinski definition) is 0. The Labute approximate surface area is 153 Å². The van der Waals surface area contributed by atoms with Gasteiger partial charge in [0.2, 0.25) is 11.8 Å². The SMILES string of the molecule is CCS(=O)(=O)c1cccc(CC(=O)N2CCCC(c3nc(C)no3)C2)c1. The van der Waals surface area contributed by atoms with Crippen LogP contribution in [0.4, 0.5) is 0 Å². The summed E-state index contributed by atoms with van der Waals surface area (Å²) in [6, 6.07) is 6.64. The first kappa shape index (κ1) is 18.6. The first-order valence-corrected chi connectivity index (χ1v) is 10.4. The van der Waals surface area contributed by atoms with E-state index in [0.717, 1.165) is 12.8 Å². The van der Waals surface area contributed by atoms with Gasteiger partial charge in [-0.05, 0) is 37.5 Å². The largest absolute Gasteiger partial charge is 0.342 e. The predicted octanol–water partition coefficient (Wildman–Crippen LogP) is 2.12. The van der Waals surface area contributed by atoms with Crippen LogP contribution in [0.5, 0.6) is 0 Å². The molecule has 26 heavy (non-hydrogen) atoms. The molecule has 1 amide bonds. The van der Waals surface area contributed by atoms with E-state index in [4.69, 9.17) is 4.52 Å². The van der Waals surface area contributed by atoms with Gasteiger partial charge in [-0.2, -0.15) is 4.98 Å². The minimum absolute atomic E-state index is 0.0167. The second-order valence-corrected chi connectivity index (χ2v) is 8.86. The normalized spacial score (nSPS) is 18.1. The summed E-state index contributed by atoms with van der Waals surface area (Å²) in [4.78, 5) is 19.0. The first-order chi connectivity index (χ1) is 12.4. The van der Waals surface area contributed by atoms with E-state index >= 15 is 0 Å². The zero-order valence-electron chi connectivity index (χ0n) is 15.0. The molecule has 0 bridgehead atoms. The van der Waals surface area contributed by atoms with Gasteiger partial charge in [0.1, 0.15) is 0 Å². The topological polar surface area (TPSA) is 93.4 Å². The highest BCUT2D eigenvalue weighted by molar-refractivity contribution is 7.91. The number of sulfone groups is 1. The van der Waals surface area contributed by atoms with Crippen LogP contribution < -0.4 is 0 Å². The van der Waals surface area contributed by atoms with Gasteiger partial charge in [0, 0.05) is 13.1 Å². The highest BCUT2D eigenvalue weighted by Crippen LogP contribution is 2.26. The molecule has 0 radical (unpaired) electrons. The second kappa shape index (κ2) is 7.57. The molecule has 8 heteroatoms. The summed E-state index contributed by atoms with van der Waals surface area (Å²) in [6.07, 6.45) is 1.97. The summed E-state index contributed by atoms with van der Waals surface area (Å²) in [6.45, 7) is 4.62. The molecular formula is C18H23N3O4S. The minimum atomic E-state index is -3.28. The van der Waals surface area contributed by atoms with Gasteiger partial charge in [-0.3, -0.25) is 4.79 Å². The number of piperidine rings is 1. The zero-order valence-corrected chi connectivity index (χ0v) is 15.8. The average Bonchev–Trinajstić information content (AvgIpc) is 3.08. The Morgan fingerprint density at radius 1 is 1.38 bits per heavy atom. The van der Waals surface area contributed by atoms with Crippen molar-refractivity contribution in [2.45, 2.75) is 43.9 Å². The third-order valence-electron chi connectivity index (χ3n) is 4.66. The van der Waals surface area contributed by atoms with Gasteiger partial charge < -0.3 is 9.42 Å². The van der Waals surface area contributed by atoms with E-state index in [-0.39, 0.29) is 28.9 Å². The molecule has 1 aromatic heterocycles. The number of benzene rings is 1. The number of aryl methyl sites for hydroxylation is 1. The Bertz CT molecular complexity index is 891. The molecule has 0 aliphatic carbocycles. The molecule has 2 heterocycles. The highest BCUT2D eigenvalue weighted by Gasteiger charge is 2.28. The van der Waals surface area contributed by atoms with Gasteiger partial charge in [-0.25, -0.2) is 8.42 Å². The molecule has 0 spiro atoms. The van der Waals surface area contributed by atoms with Gasteiger partial charge in [-0.15, -0.1) is 0 Å². The van der Waals surface area contributed by atoms with Crippen molar-refractivity contribution in [1.29, 1.82) is 0 Å². The van der Waals surface area contributed by atoms with Gasteiger partial charge in [0.15, 0.2) is 15.7 Å². The van der Waals surface area contributed by atoms with Gasteiger partial charge in [0.25, 0.3) is 0 Å². The van der Waals surface area contributed by atoms with Crippen LogP contribution in [0.25, 0.3) is 0 Å². The standard InChI is InChI=1S/C18H23N3O4S/c1-3-26(23,24)16-8-4-6-14(10-16)11-17(22)21-9-5-7-15(12-21)18-19-13(2)20-25-18/h4,6,8,10,15H,3,5,7,9,11-12H2,1-2H3. The van der Waals surface area contributed by atoms with Gasteiger partial charge >= 0.3 is 0 Å². The summed E-state index contributed by atoms with van der Waals surface area (Å²) in [5, 5.41) is 3.82. The number of aromatic nitrogens is 2. The van der Waals surface area contributed by atoms with E-state index in [1.807, 2.05) is 0 Å². The molecule has 1 unspecified atom stereocenters. The van der Waals surface area contributed by atoms with E-state index in [2.05, 4.69) is 10.1 Å². The monoisotopic (exact) mass is 377 g/mol. The fourth-order valence-electron chi connectivity index (χ4n) is 3.19. The van der Waals surface area contributed by atoms with Gasteiger partial charge in [-0.1, -0.05) is 24.2 Å². The molecular weight excluding hydrogens is 354 g/mol. The van der Waals surface area contributed by atoms with Crippen molar-refractivity contribution in [2.24, 2.45) is 0 Å². The Hall–Kier alpha value is -2.22. The summed E-state index contributed by atoms with van der Waals surface area (Å²) >= 11 is 0. The van der Waals surface area contributed by atoms with Crippen molar-refractivity contribution in [1.82, 2.24) is 15.0 Å². The van der Waals surface area contributed by atoms with Crippen molar-refractivity contribution in [3.05, 3.63) is 41.5 Å². The van der Waals surface area contributed by atoms with Crippen LogP contribution in [0, 0.1) is 6.92 Å². The molecule has 1 saturated heterocycles. The summed E-state index contributed by atoms with van der Waals surface area (Å²) in [5.41, 5.74) is 0.709. The Kier molecular flexibility index (Phi) is 5.41. The van der Waals surface area contributed by atoms with Crippen LogP contribution in [0.3, 0.4) is 0 Å². The number of hydrogen-bond acceptors (Lipinski definition) is 6. The average molecular weight is 377 g/mol. The summed E-state index contributed by atoms with van der Waals surface area (Å²) < 4.78 is 29.3. The van der Waals surface area contributed by atoms with Crippen LogP contribution in [0.15, 0.2) is 33.7 Å². The van der Waals surface area contributed by atoms with Crippen LogP contribution in [0.1, 0.15) is 43.0 Å². The zero-order chi connectivity index (χ0) is 18.7. The van der Waals surface area contributed by atoms with Gasteiger partial charge in [0.05, 0.1) is 23.0 Å². The highest BCUT2D eigenvalue weighted by atomic mass is 32.2. The predicted molar refractivity (Wildman–Crippen MR) is 95.5 cm³/mol. The fourth-order valence-corrected chi connectivity index (χ4v) is 4.14. The molecule has 2 aromatic rings. The number of likely N-dealkylation sites (tertiary alicyclic amines) is 1. The molecule has 0 N–H and O–H groups in total. The molecule has 1 aromatic carbocycles. The quantitative estimate of drug-likeness (QED) is 0.792. The van der Waals surface area contributed by atoms with Crippen LogP contribution in [-0.2, 0) is 21.1 Å². The number of amides is 1. The van der Waals surface area contributed by atoms with E-state index in [1.54, 1.807) is 43.0 Å². The molecule has 7 nitrogen and oxygen atoms in total. The molecule has 3 rings (SSSR count). The maximum atomic E-state index is 12.7. The third kappa shape index (κ3) is 4.12. The Balaban J connectivity index is 1.69. The molecule has 140 valence electrons. The second-order valence-electron chi connectivity index (χ2n) is 6.59. The van der Waals surface area contributed by atoms with Crippen LogP contribution in [0.2, 0.25) is 0 Å². The van der Waals surface area contributed by atoms with Crippen LogP contribution >= 0.6 is 0 Å². The molecule has 1 aliphatic rings. The fraction of sp³-hybridized carbons (Fsp3) is 0.500. The third-order valence-corrected chi connectivity index (χ3v) is 6.39. The lowest BCUT2D eigenvalue weighted by Gasteiger charge is -2.31. The maximum Gasteiger partial charge on any atom is 0.231 e. The maximum absolute atomic E-state index is 12.7. The smallest absolute Gasteiger partial charge is 0.231 e. The van der Waals surface area contributed by atoms with Crippen molar-refractivity contribution in [2.75, 3.05) is 18.8 Å². The molecule has 1 fully saturated rings. The lowest BCUT2D eigenvalue weighted by molar-refractivity contribution is -0.131.